The van der Waals surface area contributed by atoms with E-state index in [0.29, 0.717) is 6.04 Å². The van der Waals surface area contributed by atoms with Crippen LogP contribution in [0.15, 0.2) is 6.20 Å². The summed E-state index contributed by atoms with van der Waals surface area (Å²) < 4.78 is 2.20. The van der Waals surface area contributed by atoms with Crippen LogP contribution in [0.5, 0.6) is 0 Å². The third-order valence-electron chi connectivity index (χ3n) is 4.63. The van der Waals surface area contributed by atoms with E-state index in [1.165, 1.54) is 18.8 Å². The molecule has 1 aromatic heterocycles. The van der Waals surface area contributed by atoms with Gasteiger partial charge in [-0.2, -0.15) is 0 Å². The molecular weight excluding hydrogens is 236 g/mol. The molecule has 1 aliphatic heterocycles. The maximum Gasteiger partial charge on any atom is 0.105 e. The quantitative estimate of drug-likeness (QED) is 0.828. The Balaban J connectivity index is 2.05. The van der Waals surface area contributed by atoms with Crippen LogP contribution in [0, 0.1) is 18.8 Å². The number of hydrogen-bond acceptors (Lipinski definition) is 3. The zero-order valence-electron chi connectivity index (χ0n) is 13.2. The van der Waals surface area contributed by atoms with E-state index in [9.17, 15) is 0 Å². The summed E-state index contributed by atoms with van der Waals surface area (Å²) in [7, 11) is 6.52. The van der Waals surface area contributed by atoms with Crippen LogP contribution in [0.1, 0.15) is 25.4 Å². The lowest BCUT2D eigenvalue weighted by Gasteiger charge is -2.27. The molecule has 0 N–H and O–H groups in total. The average molecular weight is 264 g/mol. The summed E-state index contributed by atoms with van der Waals surface area (Å²) in [6.45, 7) is 10.1. The standard InChI is InChI=1S/C15H28N4/c1-11(2)14-9-19(10-15(14)17(4)5)8-13-7-16-12(3)18(13)6/h7,11,14-15H,8-10H2,1-6H3/t14-,15+/m0/s1. The van der Waals surface area contributed by atoms with Gasteiger partial charge in [-0.3, -0.25) is 4.90 Å². The van der Waals surface area contributed by atoms with Crippen LogP contribution < -0.4 is 0 Å². The Labute approximate surface area is 117 Å². The first-order valence-electron chi connectivity index (χ1n) is 7.26. The minimum Gasteiger partial charge on any atom is -0.334 e. The SMILES string of the molecule is Cc1ncc(CN2C[C@@H](N(C)C)[C@H](C(C)C)C2)n1C. The van der Waals surface area contributed by atoms with Crippen molar-refractivity contribution in [3.63, 3.8) is 0 Å². The lowest BCUT2D eigenvalue weighted by Crippen LogP contribution is -2.37. The molecule has 0 bridgehead atoms. The van der Waals surface area contributed by atoms with Gasteiger partial charge < -0.3 is 9.47 Å². The zero-order valence-corrected chi connectivity index (χ0v) is 13.2. The van der Waals surface area contributed by atoms with Gasteiger partial charge in [0.2, 0.25) is 0 Å². The minimum atomic E-state index is 0.675. The molecule has 0 spiro atoms. The van der Waals surface area contributed by atoms with Crippen molar-refractivity contribution in [2.24, 2.45) is 18.9 Å². The zero-order chi connectivity index (χ0) is 14.2. The Hall–Kier alpha value is -0.870. The summed E-state index contributed by atoms with van der Waals surface area (Å²) in [4.78, 5) is 9.36. The van der Waals surface area contributed by atoms with E-state index in [2.05, 4.69) is 61.3 Å². The van der Waals surface area contributed by atoms with Crippen molar-refractivity contribution in [1.29, 1.82) is 0 Å². The third-order valence-corrected chi connectivity index (χ3v) is 4.63. The summed E-state index contributed by atoms with van der Waals surface area (Å²) in [5.41, 5.74) is 1.32. The number of hydrogen-bond donors (Lipinski definition) is 0. The van der Waals surface area contributed by atoms with Gasteiger partial charge in [0.15, 0.2) is 0 Å². The van der Waals surface area contributed by atoms with Crippen LogP contribution in [-0.2, 0) is 13.6 Å². The predicted molar refractivity (Wildman–Crippen MR) is 79.0 cm³/mol. The smallest absolute Gasteiger partial charge is 0.105 e. The van der Waals surface area contributed by atoms with Crippen LogP contribution in [0.2, 0.25) is 0 Å². The van der Waals surface area contributed by atoms with Crippen molar-refractivity contribution >= 4 is 0 Å². The first-order chi connectivity index (χ1) is 8.90. The predicted octanol–water partition coefficient (Wildman–Crippen LogP) is 1.75. The molecule has 1 aromatic rings. The van der Waals surface area contributed by atoms with Crippen molar-refractivity contribution in [2.75, 3.05) is 27.2 Å². The molecule has 0 radical (unpaired) electrons. The van der Waals surface area contributed by atoms with Crippen LogP contribution in [0.25, 0.3) is 0 Å². The van der Waals surface area contributed by atoms with Gasteiger partial charge in [0.25, 0.3) is 0 Å². The molecule has 0 aliphatic carbocycles. The van der Waals surface area contributed by atoms with Gasteiger partial charge in [-0.25, -0.2) is 4.98 Å². The Morgan fingerprint density at radius 1 is 1.37 bits per heavy atom. The second-order valence-corrected chi connectivity index (χ2v) is 6.49. The van der Waals surface area contributed by atoms with Crippen molar-refractivity contribution in [3.05, 3.63) is 17.7 Å². The van der Waals surface area contributed by atoms with Crippen molar-refractivity contribution in [3.8, 4) is 0 Å². The summed E-state index contributed by atoms with van der Waals surface area (Å²) in [6, 6.07) is 0.675. The minimum absolute atomic E-state index is 0.675. The molecule has 0 saturated carbocycles. The second-order valence-electron chi connectivity index (χ2n) is 6.49. The molecule has 1 aliphatic rings. The summed E-state index contributed by atoms with van der Waals surface area (Å²) in [5, 5.41) is 0. The fraction of sp³-hybridized carbons (Fsp3) is 0.800. The van der Waals surface area contributed by atoms with Crippen LogP contribution in [0.3, 0.4) is 0 Å². The van der Waals surface area contributed by atoms with Gasteiger partial charge in [0.05, 0.1) is 5.69 Å². The molecule has 4 heteroatoms. The molecule has 108 valence electrons. The maximum absolute atomic E-state index is 4.39. The topological polar surface area (TPSA) is 24.3 Å². The molecule has 2 atom stereocenters. The van der Waals surface area contributed by atoms with E-state index >= 15 is 0 Å². The number of imidazole rings is 1. The van der Waals surface area contributed by atoms with Gasteiger partial charge in [0.1, 0.15) is 5.82 Å². The molecule has 0 aromatic carbocycles. The number of likely N-dealkylation sites (tertiary alicyclic amines) is 1. The Bertz CT molecular complexity index is 406. The number of rotatable bonds is 4. The fourth-order valence-corrected chi connectivity index (χ4v) is 3.15. The van der Waals surface area contributed by atoms with Crippen LogP contribution >= 0.6 is 0 Å². The van der Waals surface area contributed by atoms with Gasteiger partial charge >= 0.3 is 0 Å². The highest BCUT2D eigenvalue weighted by Crippen LogP contribution is 2.28. The molecule has 2 rings (SSSR count). The van der Waals surface area contributed by atoms with Crippen LogP contribution in [0.4, 0.5) is 0 Å². The highest BCUT2D eigenvalue weighted by molar-refractivity contribution is 5.05. The number of nitrogens with zero attached hydrogens (tertiary/aromatic N) is 4. The van der Waals surface area contributed by atoms with E-state index < -0.39 is 0 Å². The lowest BCUT2D eigenvalue weighted by atomic mass is 9.91. The van der Waals surface area contributed by atoms with Gasteiger partial charge in [0, 0.05) is 38.9 Å². The van der Waals surface area contributed by atoms with E-state index in [0.717, 1.165) is 24.2 Å². The Morgan fingerprint density at radius 3 is 2.47 bits per heavy atom. The molecule has 1 fully saturated rings. The molecular formula is C15H28N4. The first-order valence-corrected chi connectivity index (χ1v) is 7.26. The molecule has 0 unspecified atom stereocenters. The summed E-state index contributed by atoms with van der Waals surface area (Å²) in [5.74, 6) is 2.61. The molecule has 0 amide bonds. The third kappa shape index (κ3) is 3.00. The van der Waals surface area contributed by atoms with E-state index in [4.69, 9.17) is 0 Å². The number of aryl methyl sites for hydroxylation is 1. The fourth-order valence-electron chi connectivity index (χ4n) is 3.15. The monoisotopic (exact) mass is 264 g/mol. The molecule has 19 heavy (non-hydrogen) atoms. The molecule has 4 nitrogen and oxygen atoms in total. The highest BCUT2D eigenvalue weighted by Gasteiger charge is 2.35. The first kappa shape index (κ1) is 14.5. The second kappa shape index (κ2) is 5.63. The summed E-state index contributed by atoms with van der Waals surface area (Å²) >= 11 is 0. The van der Waals surface area contributed by atoms with Gasteiger partial charge in [-0.1, -0.05) is 13.8 Å². The maximum atomic E-state index is 4.39. The van der Waals surface area contributed by atoms with Crippen molar-refractivity contribution < 1.29 is 0 Å². The van der Waals surface area contributed by atoms with Crippen molar-refractivity contribution in [1.82, 2.24) is 19.4 Å². The lowest BCUT2D eigenvalue weighted by molar-refractivity contribution is 0.215. The Morgan fingerprint density at radius 2 is 2.05 bits per heavy atom. The van der Waals surface area contributed by atoms with E-state index in [1.807, 2.05) is 6.20 Å². The largest absolute Gasteiger partial charge is 0.334 e. The average Bonchev–Trinajstić information content (AvgIpc) is 2.88. The summed E-state index contributed by atoms with van der Waals surface area (Å²) in [6.07, 6.45) is 2.02. The molecule has 2 heterocycles. The number of aromatic nitrogens is 2. The van der Waals surface area contributed by atoms with Crippen molar-refractivity contribution in [2.45, 2.75) is 33.4 Å². The molecule has 1 saturated heterocycles. The van der Waals surface area contributed by atoms with Gasteiger partial charge in [-0.05, 0) is 32.9 Å². The van der Waals surface area contributed by atoms with E-state index in [-0.39, 0.29) is 0 Å². The van der Waals surface area contributed by atoms with Gasteiger partial charge in [-0.15, -0.1) is 0 Å². The Kier molecular flexibility index (Phi) is 4.31. The normalized spacial score (nSPS) is 24.8. The van der Waals surface area contributed by atoms with Crippen LogP contribution in [-0.4, -0.2) is 52.6 Å². The van der Waals surface area contributed by atoms with E-state index in [1.54, 1.807) is 0 Å². The highest BCUT2D eigenvalue weighted by atomic mass is 15.3. The number of likely N-dealkylation sites (N-methyl/N-ethyl adjacent to an activating group) is 1.